The smallest absolute Gasteiger partial charge is 0.0606 e. The molecule has 2 N–H and O–H groups in total. The molecule has 1 aromatic rings. The highest BCUT2D eigenvalue weighted by Crippen LogP contribution is 2.34. The van der Waals surface area contributed by atoms with Gasteiger partial charge < -0.3 is 15.3 Å². The summed E-state index contributed by atoms with van der Waals surface area (Å²) in [6, 6.07) is 7.07. The molecule has 1 saturated carbocycles. The van der Waals surface area contributed by atoms with Gasteiger partial charge in [0.25, 0.3) is 0 Å². The van der Waals surface area contributed by atoms with Gasteiger partial charge in [-0.15, -0.1) is 0 Å². The Morgan fingerprint density at radius 1 is 1.42 bits per heavy atom. The van der Waals surface area contributed by atoms with E-state index in [1.165, 1.54) is 18.4 Å². The fraction of sp³-hybridized carbons (Fsp3) is 0.600. The minimum atomic E-state index is 0.181. The Morgan fingerprint density at radius 3 is 2.74 bits per heavy atom. The van der Waals surface area contributed by atoms with E-state index >= 15 is 0 Å². The number of rotatable bonds is 7. The molecule has 4 heteroatoms. The average molecular weight is 283 g/mol. The lowest BCUT2D eigenvalue weighted by Crippen LogP contribution is -2.31. The number of halogens is 1. The zero-order valence-corrected chi connectivity index (χ0v) is 12.5. The molecule has 106 valence electrons. The quantitative estimate of drug-likeness (QED) is 0.807. The second kappa shape index (κ2) is 6.60. The monoisotopic (exact) mass is 282 g/mol. The molecule has 1 aliphatic rings. The largest absolute Gasteiger partial charge is 0.395 e. The molecule has 0 bridgehead atoms. The van der Waals surface area contributed by atoms with Gasteiger partial charge in [0.15, 0.2) is 0 Å². The van der Waals surface area contributed by atoms with Crippen LogP contribution < -0.4 is 10.2 Å². The molecule has 3 nitrogen and oxygen atoms in total. The van der Waals surface area contributed by atoms with Gasteiger partial charge in [-0.25, -0.2) is 0 Å². The Labute approximate surface area is 120 Å². The summed E-state index contributed by atoms with van der Waals surface area (Å²) in [5.74, 6) is 0. The van der Waals surface area contributed by atoms with Gasteiger partial charge in [0.1, 0.15) is 0 Å². The van der Waals surface area contributed by atoms with Gasteiger partial charge in [0.2, 0.25) is 0 Å². The van der Waals surface area contributed by atoms with Crippen molar-refractivity contribution in [3.05, 3.63) is 28.8 Å². The lowest BCUT2D eigenvalue weighted by molar-refractivity contribution is 0.301. The number of nitrogens with one attached hydrogen (secondary N) is 1. The highest BCUT2D eigenvalue weighted by molar-refractivity contribution is 6.30. The van der Waals surface area contributed by atoms with E-state index in [4.69, 9.17) is 11.6 Å². The Morgan fingerprint density at radius 2 is 2.16 bits per heavy atom. The summed E-state index contributed by atoms with van der Waals surface area (Å²) >= 11 is 6.14. The van der Waals surface area contributed by atoms with Gasteiger partial charge in [-0.3, -0.25) is 0 Å². The van der Waals surface area contributed by atoms with Crippen LogP contribution in [0.5, 0.6) is 0 Å². The van der Waals surface area contributed by atoms with Crippen molar-refractivity contribution in [3.63, 3.8) is 0 Å². The topological polar surface area (TPSA) is 35.5 Å². The summed E-state index contributed by atoms with van der Waals surface area (Å²) in [5.41, 5.74) is 2.41. The van der Waals surface area contributed by atoms with Gasteiger partial charge in [0, 0.05) is 35.9 Å². The van der Waals surface area contributed by atoms with E-state index in [-0.39, 0.29) is 6.61 Å². The van der Waals surface area contributed by atoms with Crippen LogP contribution in [0.1, 0.15) is 32.3 Å². The van der Waals surface area contributed by atoms with E-state index < -0.39 is 0 Å². The van der Waals surface area contributed by atoms with Crippen LogP contribution in [0, 0.1) is 0 Å². The predicted octanol–water partition coefficient (Wildman–Crippen LogP) is 2.80. The minimum absolute atomic E-state index is 0.181. The molecule has 1 aromatic carbocycles. The first-order valence-electron chi connectivity index (χ1n) is 7.01. The van der Waals surface area contributed by atoms with E-state index in [0.717, 1.165) is 17.3 Å². The molecule has 0 atom stereocenters. The first kappa shape index (κ1) is 14.6. The lowest BCUT2D eigenvalue weighted by atomic mass is 10.1. The fourth-order valence-corrected chi connectivity index (χ4v) is 2.43. The summed E-state index contributed by atoms with van der Waals surface area (Å²) in [6.07, 6.45) is 2.42. The van der Waals surface area contributed by atoms with Gasteiger partial charge >= 0.3 is 0 Å². The Balaban J connectivity index is 2.21. The molecule has 0 amide bonds. The SMILES string of the molecule is CC(C)NCc1ccc(Cl)cc1N(CCO)C1CC1. The maximum absolute atomic E-state index is 9.26. The molecule has 0 aliphatic heterocycles. The third-order valence-electron chi connectivity index (χ3n) is 3.39. The van der Waals surface area contributed by atoms with Crippen LogP contribution in [-0.4, -0.2) is 30.3 Å². The highest BCUT2D eigenvalue weighted by atomic mass is 35.5. The molecule has 1 aliphatic carbocycles. The van der Waals surface area contributed by atoms with Crippen LogP contribution in [-0.2, 0) is 6.54 Å². The molecule has 0 saturated heterocycles. The third kappa shape index (κ3) is 4.10. The first-order valence-corrected chi connectivity index (χ1v) is 7.39. The summed E-state index contributed by atoms with van der Waals surface area (Å²) in [6.45, 7) is 5.97. The maximum atomic E-state index is 9.26. The number of hydrogen-bond donors (Lipinski definition) is 2. The van der Waals surface area contributed by atoms with Crippen molar-refractivity contribution < 1.29 is 5.11 Å². The van der Waals surface area contributed by atoms with Crippen molar-refractivity contribution in [2.45, 2.75) is 45.3 Å². The summed E-state index contributed by atoms with van der Waals surface area (Å²) in [5, 5.41) is 13.5. The average Bonchev–Trinajstić information content (AvgIpc) is 3.18. The van der Waals surface area contributed by atoms with Gasteiger partial charge in [0.05, 0.1) is 6.61 Å². The molecule has 19 heavy (non-hydrogen) atoms. The van der Waals surface area contributed by atoms with Gasteiger partial charge in [-0.1, -0.05) is 31.5 Å². The number of aliphatic hydroxyl groups is 1. The van der Waals surface area contributed by atoms with E-state index in [1.807, 2.05) is 12.1 Å². The van der Waals surface area contributed by atoms with Crippen molar-refractivity contribution in [1.29, 1.82) is 0 Å². The first-order chi connectivity index (χ1) is 9.11. The third-order valence-corrected chi connectivity index (χ3v) is 3.62. The molecular weight excluding hydrogens is 260 g/mol. The van der Waals surface area contributed by atoms with E-state index in [0.29, 0.717) is 18.6 Å². The van der Waals surface area contributed by atoms with Crippen molar-refractivity contribution >= 4 is 17.3 Å². The van der Waals surface area contributed by atoms with Crippen molar-refractivity contribution in [1.82, 2.24) is 5.32 Å². The van der Waals surface area contributed by atoms with E-state index in [1.54, 1.807) is 0 Å². The van der Waals surface area contributed by atoms with Crippen LogP contribution in [0.4, 0.5) is 5.69 Å². The number of benzene rings is 1. The number of nitrogens with zero attached hydrogens (tertiary/aromatic N) is 1. The van der Waals surface area contributed by atoms with Crippen molar-refractivity contribution in [2.24, 2.45) is 0 Å². The van der Waals surface area contributed by atoms with Gasteiger partial charge in [-0.2, -0.15) is 0 Å². The molecule has 0 radical (unpaired) electrons. The summed E-state index contributed by atoms with van der Waals surface area (Å²) in [7, 11) is 0. The molecule has 0 aromatic heterocycles. The molecule has 0 heterocycles. The van der Waals surface area contributed by atoms with Crippen LogP contribution in [0.25, 0.3) is 0 Å². The number of anilines is 1. The van der Waals surface area contributed by atoms with E-state index in [9.17, 15) is 5.11 Å². The normalized spacial score (nSPS) is 15.0. The standard InChI is InChI=1S/C15H23ClN2O/c1-11(2)17-10-12-3-4-13(16)9-15(12)18(7-8-19)14-5-6-14/h3-4,9,11,14,17,19H,5-8,10H2,1-2H3. The second-order valence-corrected chi connectivity index (χ2v) is 5.89. The molecular formula is C15H23ClN2O. The zero-order chi connectivity index (χ0) is 13.8. The summed E-state index contributed by atoms with van der Waals surface area (Å²) in [4.78, 5) is 2.29. The number of aliphatic hydroxyl groups excluding tert-OH is 1. The molecule has 0 spiro atoms. The molecule has 1 fully saturated rings. The lowest BCUT2D eigenvalue weighted by Gasteiger charge is -2.27. The highest BCUT2D eigenvalue weighted by Gasteiger charge is 2.30. The summed E-state index contributed by atoms with van der Waals surface area (Å²) < 4.78 is 0. The van der Waals surface area contributed by atoms with Crippen LogP contribution in [0.15, 0.2) is 18.2 Å². The Kier molecular flexibility index (Phi) is 5.08. The van der Waals surface area contributed by atoms with Crippen LogP contribution in [0.2, 0.25) is 5.02 Å². The van der Waals surface area contributed by atoms with E-state index in [2.05, 4.69) is 30.1 Å². The Hall–Kier alpha value is -0.770. The predicted molar refractivity (Wildman–Crippen MR) is 80.9 cm³/mol. The van der Waals surface area contributed by atoms with Crippen LogP contribution in [0.3, 0.4) is 0 Å². The van der Waals surface area contributed by atoms with Crippen molar-refractivity contribution in [3.8, 4) is 0 Å². The second-order valence-electron chi connectivity index (χ2n) is 5.46. The van der Waals surface area contributed by atoms with Gasteiger partial charge in [-0.05, 0) is 30.5 Å². The molecule has 2 rings (SSSR count). The molecule has 0 unspecified atom stereocenters. The zero-order valence-electron chi connectivity index (χ0n) is 11.7. The fourth-order valence-electron chi connectivity index (χ4n) is 2.26. The Bertz CT molecular complexity index is 419. The minimum Gasteiger partial charge on any atom is -0.395 e. The maximum Gasteiger partial charge on any atom is 0.0606 e. The number of hydrogen-bond acceptors (Lipinski definition) is 3. The van der Waals surface area contributed by atoms with Crippen molar-refractivity contribution in [2.75, 3.05) is 18.1 Å². The van der Waals surface area contributed by atoms with Crippen LogP contribution >= 0.6 is 11.6 Å².